The fraction of sp³-hybridized carbons (Fsp3) is 0. The molecule has 0 saturated carbocycles. The van der Waals surface area contributed by atoms with Crippen LogP contribution in [-0.2, 0) is 0 Å². The molecule has 2 heterocycles. The van der Waals surface area contributed by atoms with E-state index < -0.39 is 11.5 Å². The maximum absolute atomic E-state index is 13.0. The first-order valence-corrected chi connectivity index (χ1v) is 8.35. The van der Waals surface area contributed by atoms with Crippen molar-refractivity contribution >= 4 is 33.3 Å². The summed E-state index contributed by atoms with van der Waals surface area (Å²) in [5, 5.41) is 11.8. The van der Waals surface area contributed by atoms with Crippen molar-refractivity contribution in [3.8, 4) is 10.6 Å². The molecule has 1 N–H and O–H groups in total. The number of hydrogen-bond donors (Lipinski definition) is 1. The van der Waals surface area contributed by atoms with Gasteiger partial charge >= 0.3 is 5.63 Å². The van der Waals surface area contributed by atoms with Crippen molar-refractivity contribution in [1.29, 1.82) is 0 Å². The fourth-order valence-corrected chi connectivity index (χ4v) is 3.11. The van der Waals surface area contributed by atoms with Crippen LogP contribution in [0, 0.1) is 5.82 Å². The summed E-state index contributed by atoms with van der Waals surface area (Å²) in [5.41, 5.74) is 0.227. The van der Waals surface area contributed by atoms with Crippen LogP contribution in [-0.4, -0.2) is 16.1 Å². The Morgan fingerprint density at radius 1 is 1.08 bits per heavy atom. The highest BCUT2D eigenvalue weighted by Crippen LogP contribution is 2.26. The molecule has 0 spiro atoms. The number of aromatic nitrogens is 2. The average molecular weight is 367 g/mol. The van der Waals surface area contributed by atoms with Gasteiger partial charge in [-0.25, -0.2) is 9.18 Å². The summed E-state index contributed by atoms with van der Waals surface area (Å²) in [7, 11) is 0. The number of nitrogens with zero attached hydrogens (tertiary/aromatic N) is 2. The third-order valence-corrected chi connectivity index (χ3v) is 4.51. The van der Waals surface area contributed by atoms with Gasteiger partial charge in [0.1, 0.15) is 22.0 Å². The number of fused-ring (bicyclic) bond motifs is 1. The van der Waals surface area contributed by atoms with Crippen LogP contribution in [0.2, 0.25) is 0 Å². The minimum atomic E-state index is -0.732. The first kappa shape index (κ1) is 16.1. The van der Waals surface area contributed by atoms with Crippen LogP contribution in [0.5, 0.6) is 0 Å². The number of hydrogen-bond acceptors (Lipinski definition) is 6. The van der Waals surface area contributed by atoms with Crippen LogP contribution in [0.25, 0.3) is 21.5 Å². The molecule has 2 aromatic heterocycles. The molecule has 0 aliphatic heterocycles. The molecule has 0 fully saturated rings. The largest absolute Gasteiger partial charge is 0.422 e. The Kier molecular flexibility index (Phi) is 4.02. The lowest BCUT2D eigenvalue weighted by Gasteiger charge is -2.01. The van der Waals surface area contributed by atoms with Crippen molar-refractivity contribution in [2.45, 2.75) is 0 Å². The van der Waals surface area contributed by atoms with Crippen LogP contribution >= 0.6 is 11.3 Å². The highest BCUT2D eigenvalue weighted by molar-refractivity contribution is 7.18. The van der Waals surface area contributed by atoms with Gasteiger partial charge in [0.25, 0.3) is 5.91 Å². The van der Waals surface area contributed by atoms with E-state index in [1.165, 1.54) is 18.2 Å². The van der Waals surface area contributed by atoms with Gasteiger partial charge in [-0.1, -0.05) is 29.5 Å². The molecule has 0 radical (unpaired) electrons. The predicted octanol–water partition coefficient (Wildman–Crippen LogP) is 3.70. The zero-order valence-electron chi connectivity index (χ0n) is 13.1. The number of anilines is 1. The highest BCUT2D eigenvalue weighted by Gasteiger charge is 2.16. The lowest BCUT2D eigenvalue weighted by atomic mass is 10.2. The predicted molar refractivity (Wildman–Crippen MR) is 95.7 cm³/mol. The zero-order valence-corrected chi connectivity index (χ0v) is 13.9. The standard InChI is InChI=1S/C18H10FN3O3S/c19-12-7-5-10(6-8-12)16-21-22-18(26-16)20-15(23)13-9-11-3-1-2-4-14(11)25-17(13)24/h1-9H,(H,20,22,23). The van der Waals surface area contributed by atoms with E-state index in [-0.39, 0.29) is 16.5 Å². The summed E-state index contributed by atoms with van der Waals surface area (Å²) in [6.45, 7) is 0. The minimum Gasteiger partial charge on any atom is -0.422 e. The van der Waals surface area contributed by atoms with Crippen molar-refractivity contribution in [2.24, 2.45) is 0 Å². The highest BCUT2D eigenvalue weighted by atomic mass is 32.1. The summed E-state index contributed by atoms with van der Waals surface area (Å²) >= 11 is 1.12. The average Bonchev–Trinajstić information content (AvgIpc) is 3.10. The Morgan fingerprint density at radius 2 is 1.85 bits per heavy atom. The number of benzene rings is 2. The van der Waals surface area contributed by atoms with E-state index in [9.17, 15) is 14.0 Å². The van der Waals surface area contributed by atoms with E-state index in [1.54, 1.807) is 36.4 Å². The summed E-state index contributed by atoms with van der Waals surface area (Å²) in [5.74, 6) is -0.985. The Morgan fingerprint density at radius 3 is 2.65 bits per heavy atom. The van der Waals surface area contributed by atoms with Crippen LogP contribution in [0.4, 0.5) is 9.52 Å². The SMILES string of the molecule is O=C(Nc1nnc(-c2ccc(F)cc2)s1)c1cc2ccccc2oc1=O. The Balaban J connectivity index is 1.60. The molecule has 4 rings (SSSR count). The van der Waals surface area contributed by atoms with Crippen LogP contribution in [0.15, 0.2) is 63.8 Å². The molecule has 0 saturated heterocycles. The fourth-order valence-electron chi connectivity index (χ4n) is 2.37. The number of carbonyl (C=O) groups is 1. The number of para-hydroxylation sites is 1. The molecule has 0 aliphatic carbocycles. The van der Waals surface area contributed by atoms with Gasteiger partial charge in [-0.15, -0.1) is 10.2 Å². The molecule has 0 unspecified atom stereocenters. The third kappa shape index (κ3) is 3.09. The van der Waals surface area contributed by atoms with E-state index >= 15 is 0 Å². The second-order valence-electron chi connectivity index (χ2n) is 5.36. The molecule has 4 aromatic rings. The van der Waals surface area contributed by atoms with E-state index in [1.807, 2.05) is 0 Å². The molecule has 8 heteroatoms. The van der Waals surface area contributed by atoms with Crippen molar-refractivity contribution in [3.63, 3.8) is 0 Å². The molecule has 6 nitrogen and oxygen atoms in total. The number of halogens is 1. The number of amides is 1. The first-order valence-electron chi connectivity index (χ1n) is 7.54. The first-order chi connectivity index (χ1) is 12.6. The van der Waals surface area contributed by atoms with E-state index in [0.717, 1.165) is 11.3 Å². The maximum Gasteiger partial charge on any atom is 0.349 e. The van der Waals surface area contributed by atoms with E-state index in [4.69, 9.17) is 4.42 Å². The van der Waals surface area contributed by atoms with E-state index in [0.29, 0.717) is 21.5 Å². The minimum absolute atomic E-state index is 0.123. The second kappa shape index (κ2) is 6.49. The molecular weight excluding hydrogens is 357 g/mol. The lowest BCUT2D eigenvalue weighted by molar-refractivity contribution is 0.102. The van der Waals surface area contributed by atoms with Gasteiger partial charge in [0.05, 0.1) is 0 Å². The van der Waals surface area contributed by atoms with Crippen molar-refractivity contribution in [2.75, 3.05) is 5.32 Å². The van der Waals surface area contributed by atoms with Crippen LogP contribution in [0.3, 0.4) is 0 Å². The van der Waals surface area contributed by atoms with Gasteiger partial charge in [-0.3, -0.25) is 10.1 Å². The molecule has 26 heavy (non-hydrogen) atoms. The zero-order chi connectivity index (χ0) is 18.1. The Bertz CT molecular complexity index is 1170. The number of carbonyl (C=O) groups excluding carboxylic acids is 1. The van der Waals surface area contributed by atoms with Crippen molar-refractivity contribution in [3.05, 3.63) is 76.4 Å². The van der Waals surface area contributed by atoms with Gasteiger partial charge in [-0.2, -0.15) is 0 Å². The van der Waals surface area contributed by atoms with Crippen LogP contribution < -0.4 is 10.9 Å². The molecule has 0 bridgehead atoms. The molecule has 128 valence electrons. The molecule has 0 atom stereocenters. The quantitative estimate of drug-likeness (QED) is 0.558. The lowest BCUT2D eigenvalue weighted by Crippen LogP contribution is -2.20. The van der Waals surface area contributed by atoms with Gasteiger partial charge < -0.3 is 4.42 Å². The molecule has 0 aliphatic rings. The number of rotatable bonds is 3. The van der Waals surface area contributed by atoms with Gasteiger partial charge in [-0.05, 0) is 36.4 Å². The Hall–Kier alpha value is -3.39. The smallest absolute Gasteiger partial charge is 0.349 e. The molecular formula is C18H10FN3O3S. The summed E-state index contributed by atoms with van der Waals surface area (Å²) in [4.78, 5) is 24.4. The summed E-state index contributed by atoms with van der Waals surface area (Å²) < 4.78 is 18.1. The second-order valence-corrected chi connectivity index (χ2v) is 6.34. The van der Waals surface area contributed by atoms with Gasteiger partial charge in [0.2, 0.25) is 5.13 Å². The van der Waals surface area contributed by atoms with Gasteiger partial charge in [0.15, 0.2) is 0 Å². The maximum atomic E-state index is 13.0. The number of nitrogens with one attached hydrogen (secondary N) is 1. The van der Waals surface area contributed by atoms with Crippen molar-refractivity contribution < 1.29 is 13.6 Å². The van der Waals surface area contributed by atoms with Crippen molar-refractivity contribution in [1.82, 2.24) is 10.2 Å². The monoisotopic (exact) mass is 367 g/mol. The molecule has 2 aromatic carbocycles. The van der Waals surface area contributed by atoms with Gasteiger partial charge in [0, 0.05) is 10.9 Å². The summed E-state index contributed by atoms with van der Waals surface area (Å²) in [6.07, 6.45) is 0. The van der Waals surface area contributed by atoms with E-state index in [2.05, 4.69) is 15.5 Å². The third-order valence-electron chi connectivity index (χ3n) is 3.62. The molecule has 1 amide bonds. The topological polar surface area (TPSA) is 85.1 Å². The summed E-state index contributed by atoms with van der Waals surface area (Å²) in [6, 6.07) is 14.2. The van der Waals surface area contributed by atoms with Crippen LogP contribution in [0.1, 0.15) is 10.4 Å². The Labute approximate surface area is 149 Å². The normalized spacial score (nSPS) is 10.8.